The van der Waals surface area contributed by atoms with Crippen LogP contribution >= 0.6 is 0 Å². The molecule has 4 nitrogen and oxygen atoms in total. The predicted octanol–water partition coefficient (Wildman–Crippen LogP) is 5.21. The zero-order valence-electron chi connectivity index (χ0n) is 18.3. The van der Waals surface area contributed by atoms with Crippen LogP contribution in [0.25, 0.3) is 0 Å². The van der Waals surface area contributed by atoms with Crippen LogP contribution in [0.4, 0.5) is 0 Å². The normalized spacial score (nSPS) is 12.6. The van der Waals surface area contributed by atoms with Crippen LogP contribution in [-0.4, -0.2) is 31.7 Å². The first-order valence-electron chi connectivity index (χ1n) is 10.4. The van der Waals surface area contributed by atoms with Crippen molar-refractivity contribution in [1.29, 1.82) is 0 Å². The molecule has 1 amide bonds. The van der Waals surface area contributed by atoms with Crippen LogP contribution in [0, 0.1) is 5.92 Å². The van der Waals surface area contributed by atoms with Gasteiger partial charge in [0.15, 0.2) is 0 Å². The van der Waals surface area contributed by atoms with Gasteiger partial charge in [0.05, 0.1) is 13.7 Å². The quantitative estimate of drug-likeness (QED) is 0.274. The van der Waals surface area contributed by atoms with Gasteiger partial charge in [0, 0.05) is 13.1 Å². The van der Waals surface area contributed by atoms with Crippen molar-refractivity contribution in [3.8, 4) is 0 Å². The Morgan fingerprint density at radius 1 is 0.871 bits per heavy atom. The number of rotatable bonds is 9. The van der Waals surface area contributed by atoms with Crippen LogP contribution in [0.3, 0.4) is 0 Å². The molecule has 0 N–H and O–H groups in total. The number of carbonyl (C=O) groups excluding carboxylic acids is 1. The SMILES string of the molecule is CON(C)C(=O)/C=C/[C@@H](C)COC(c1ccccc1)(c1ccccc1)c1ccccc1. The molecule has 0 radical (unpaired) electrons. The maximum Gasteiger partial charge on any atom is 0.269 e. The Labute approximate surface area is 184 Å². The molecule has 0 aliphatic heterocycles. The maximum atomic E-state index is 12.0. The van der Waals surface area contributed by atoms with E-state index in [4.69, 9.17) is 9.57 Å². The monoisotopic (exact) mass is 415 g/mol. The van der Waals surface area contributed by atoms with Crippen molar-refractivity contribution < 1.29 is 14.4 Å². The van der Waals surface area contributed by atoms with E-state index in [2.05, 4.69) is 36.4 Å². The molecule has 3 aromatic rings. The summed E-state index contributed by atoms with van der Waals surface area (Å²) in [5, 5.41) is 1.19. The van der Waals surface area contributed by atoms with Crippen LogP contribution in [-0.2, 0) is 20.0 Å². The maximum absolute atomic E-state index is 12.0. The van der Waals surface area contributed by atoms with Crippen molar-refractivity contribution in [3.05, 3.63) is 120 Å². The highest BCUT2D eigenvalue weighted by Gasteiger charge is 2.37. The molecule has 0 saturated carbocycles. The molecule has 0 unspecified atom stereocenters. The fourth-order valence-electron chi connectivity index (χ4n) is 3.52. The molecule has 0 aliphatic rings. The molecule has 0 aromatic heterocycles. The number of carbonyl (C=O) groups is 1. The van der Waals surface area contributed by atoms with Gasteiger partial charge in [0.25, 0.3) is 5.91 Å². The van der Waals surface area contributed by atoms with Crippen molar-refractivity contribution in [3.63, 3.8) is 0 Å². The average molecular weight is 416 g/mol. The smallest absolute Gasteiger partial charge is 0.269 e. The minimum atomic E-state index is -0.765. The Morgan fingerprint density at radius 3 is 1.68 bits per heavy atom. The van der Waals surface area contributed by atoms with Gasteiger partial charge in [-0.3, -0.25) is 9.63 Å². The lowest BCUT2D eigenvalue weighted by molar-refractivity contribution is -0.162. The van der Waals surface area contributed by atoms with Crippen LogP contribution in [0.2, 0.25) is 0 Å². The summed E-state index contributed by atoms with van der Waals surface area (Å²) in [4.78, 5) is 17.0. The van der Waals surface area contributed by atoms with Gasteiger partial charge in [-0.25, -0.2) is 5.06 Å². The van der Waals surface area contributed by atoms with Crippen molar-refractivity contribution in [2.24, 2.45) is 5.92 Å². The summed E-state index contributed by atoms with van der Waals surface area (Å²) < 4.78 is 6.76. The van der Waals surface area contributed by atoms with Gasteiger partial charge in [-0.05, 0) is 22.6 Å². The Bertz CT molecular complexity index is 874. The second-order valence-electron chi connectivity index (χ2n) is 7.44. The zero-order chi connectivity index (χ0) is 22.1. The first-order valence-corrected chi connectivity index (χ1v) is 10.4. The van der Waals surface area contributed by atoms with E-state index in [1.54, 1.807) is 7.05 Å². The fraction of sp³-hybridized carbons (Fsp3) is 0.222. The number of nitrogens with zero attached hydrogens (tertiary/aromatic N) is 1. The molecule has 0 saturated heterocycles. The third-order valence-corrected chi connectivity index (χ3v) is 5.26. The van der Waals surface area contributed by atoms with E-state index in [-0.39, 0.29) is 11.8 Å². The van der Waals surface area contributed by atoms with Gasteiger partial charge in [0.2, 0.25) is 0 Å². The average Bonchev–Trinajstić information content (AvgIpc) is 2.84. The zero-order valence-corrected chi connectivity index (χ0v) is 18.3. The summed E-state index contributed by atoms with van der Waals surface area (Å²) >= 11 is 0. The lowest BCUT2D eigenvalue weighted by Gasteiger charge is -2.36. The summed E-state index contributed by atoms with van der Waals surface area (Å²) in [6.45, 7) is 2.46. The highest BCUT2D eigenvalue weighted by atomic mass is 16.7. The van der Waals surface area contributed by atoms with E-state index >= 15 is 0 Å². The molecule has 4 heteroatoms. The van der Waals surface area contributed by atoms with E-state index < -0.39 is 5.60 Å². The standard InChI is InChI=1S/C27H29NO3/c1-22(19-20-26(29)28(2)30-3)21-31-27(23-13-7-4-8-14-23,24-15-9-5-10-16-24)25-17-11-6-12-18-25/h4-20,22H,21H2,1-3H3/b20-19+/t22-/m1/s1. The number of amides is 1. The molecular formula is C27H29NO3. The van der Waals surface area contributed by atoms with E-state index in [1.165, 1.54) is 18.2 Å². The molecule has 0 fully saturated rings. The Morgan fingerprint density at radius 2 is 1.29 bits per heavy atom. The first-order chi connectivity index (χ1) is 15.1. The second kappa shape index (κ2) is 10.7. The number of likely N-dealkylation sites (N-methyl/N-ethyl adjacent to an activating group) is 1. The summed E-state index contributed by atoms with van der Waals surface area (Å²) in [5.41, 5.74) is 2.40. The number of hydroxylamine groups is 2. The summed E-state index contributed by atoms with van der Waals surface area (Å²) in [6, 6.07) is 30.8. The lowest BCUT2D eigenvalue weighted by Crippen LogP contribution is -2.34. The molecule has 31 heavy (non-hydrogen) atoms. The minimum absolute atomic E-state index is 0.0183. The molecule has 3 aromatic carbocycles. The van der Waals surface area contributed by atoms with Gasteiger partial charge < -0.3 is 4.74 Å². The molecule has 1 atom stereocenters. The second-order valence-corrected chi connectivity index (χ2v) is 7.44. The molecule has 0 spiro atoms. The third kappa shape index (κ3) is 5.29. The van der Waals surface area contributed by atoms with Crippen molar-refractivity contribution in [1.82, 2.24) is 5.06 Å². The largest absolute Gasteiger partial charge is 0.360 e. The van der Waals surface area contributed by atoms with Crippen molar-refractivity contribution in [2.75, 3.05) is 20.8 Å². The number of benzene rings is 3. The number of hydrogen-bond acceptors (Lipinski definition) is 3. The van der Waals surface area contributed by atoms with E-state index in [0.717, 1.165) is 16.7 Å². The Balaban J connectivity index is 1.99. The van der Waals surface area contributed by atoms with E-state index in [0.29, 0.717) is 6.61 Å². The molecular weight excluding hydrogens is 386 g/mol. The fourth-order valence-corrected chi connectivity index (χ4v) is 3.52. The summed E-state index contributed by atoms with van der Waals surface area (Å²) in [5.74, 6) is -0.195. The lowest BCUT2D eigenvalue weighted by atomic mass is 9.80. The van der Waals surface area contributed by atoms with Gasteiger partial charge in [-0.15, -0.1) is 0 Å². The molecule has 0 aliphatic carbocycles. The molecule has 0 heterocycles. The van der Waals surface area contributed by atoms with E-state index in [1.807, 2.05) is 67.6 Å². The highest BCUT2D eigenvalue weighted by molar-refractivity contribution is 5.86. The highest BCUT2D eigenvalue weighted by Crippen LogP contribution is 2.40. The van der Waals surface area contributed by atoms with Gasteiger partial charge in [-0.1, -0.05) is 104 Å². The summed E-state index contributed by atoms with van der Waals surface area (Å²) in [6.07, 6.45) is 3.37. The van der Waals surface area contributed by atoms with E-state index in [9.17, 15) is 4.79 Å². The number of hydrogen-bond donors (Lipinski definition) is 0. The van der Waals surface area contributed by atoms with Crippen LogP contribution < -0.4 is 0 Å². The molecule has 160 valence electrons. The van der Waals surface area contributed by atoms with Crippen LogP contribution in [0.5, 0.6) is 0 Å². The Hall–Kier alpha value is -3.21. The topological polar surface area (TPSA) is 38.8 Å². The first kappa shape index (κ1) is 22.5. The van der Waals surface area contributed by atoms with Crippen LogP contribution in [0.15, 0.2) is 103 Å². The van der Waals surface area contributed by atoms with Crippen LogP contribution in [0.1, 0.15) is 23.6 Å². The molecule has 0 bridgehead atoms. The van der Waals surface area contributed by atoms with Crippen molar-refractivity contribution in [2.45, 2.75) is 12.5 Å². The van der Waals surface area contributed by atoms with Gasteiger partial charge >= 0.3 is 0 Å². The Kier molecular flexibility index (Phi) is 7.76. The van der Waals surface area contributed by atoms with Crippen molar-refractivity contribution >= 4 is 5.91 Å². The molecule has 3 rings (SSSR count). The van der Waals surface area contributed by atoms with Gasteiger partial charge in [0.1, 0.15) is 5.60 Å². The summed E-state index contributed by atoms with van der Waals surface area (Å²) in [7, 11) is 3.05. The minimum Gasteiger partial charge on any atom is -0.360 e. The predicted molar refractivity (Wildman–Crippen MR) is 123 cm³/mol. The third-order valence-electron chi connectivity index (χ3n) is 5.26. The van der Waals surface area contributed by atoms with Gasteiger partial charge in [-0.2, -0.15) is 0 Å². The number of ether oxygens (including phenoxy) is 1.